The van der Waals surface area contributed by atoms with Gasteiger partial charge in [0.25, 0.3) is 10.0 Å². The fourth-order valence-electron chi connectivity index (χ4n) is 4.83. The van der Waals surface area contributed by atoms with Crippen molar-refractivity contribution in [3.63, 3.8) is 0 Å². The number of carbonyl (C=O) groups is 2. The van der Waals surface area contributed by atoms with Crippen LogP contribution in [0.3, 0.4) is 0 Å². The quantitative estimate of drug-likeness (QED) is 0.134. The van der Waals surface area contributed by atoms with Crippen LogP contribution in [0.5, 0.6) is 0 Å². The van der Waals surface area contributed by atoms with E-state index in [0.29, 0.717) is 22.2 Å². The number of hydrogen-bond acceptors (Lipinski definition) is 4. The Kier molecular flexibility index (Phi) is 12.8. The van der Waals surface area contributed by atoms with Crippen LogP contribution in [0.4, 0.5) is 5.69 Å². The van der Waals surface area contributed by atoms with Crippen LogP contribution in [0, 0.1) is 0 Å². The summed E-state index contributed by atoms with van der Waals surface area (Å²) >= 11 is 25.3. The molecule has 7 nitrogen and oxygen atoms in total. The monoisotopic (exact) mass is 719 g/mol. The van der Waals surface area contributed by atoms with E-state index in [1.165, 1.54) is 35.2 Å². The lowest BCUT2D eigenvalue weighted by atomic mass is 10.0. The van der Waals surface area contributed by atoms with Crippen LogP contribution in [0.15, 0.2) is 102 Å². The van der Waals surface area contributed by atoms with E-state index in [1.807, 2.05) is 37.3 Å². The van der Waals surface area contributed by atoms with Crippen LogP contribution < -0.4 is 9.62 Å². The zero-order valence-corrected chi connectivity index (χ0v) is 28.8. The number of nitrogens with zero attached hydrogens (tertiary/aromatic N) is 2. The van der Waals surface area contributed by atoms with Gasteiger partial charge in [0.1, 0.15) is 12.6 Å². The van der Waals surface area contributed by atoms with Gasteiger partial charge in [0.05, 0.1) is 10.6 Å². The van der Waals surface area contributed by atoms with Gasteiger partial charge in [0, 0.05) is 39.6 Å². The van der Waals surface area contributed by atoms with Gasteiger partial charge in [0.15, 0.2) is 0 Å². The third-order valence-electron chi connectivity index (χ3n) is 7.20. The van der Waals surface area contributed by atoms with Gasteiger partial charge in [-0.05, 0) is 60.0 Å². The normalized spacial score (nSPS) is 11.9. The summed E-state index contributed by atoms with van der Waals surface area (Å²) in [5.41, 5.74) is 1.43. The van der Waals surface area contributed by atoms with E-state index in [9.17, 15) is 18.0 Å². The largest absolute Gasteiger partial charge is 0.354 e. The Morgan fingerprint density at radius 2 is 1.43 bits per heavy atom. The van der Waals surface area contributed by atoms with Gasteiger partial charge in [-0.25, -0.2) is 8.42 Å². The molecule has 4 rings (SSSR count). The summed E-state index contributed by atoms with van der Waals surface area (Å²) in [5, 5.41) is 4.02. The summed E-state index contributed by atoms with van der Waals surface area (Å²) in [6, 6.07) is 25.2. The molecule has 0 heterocycles. The lowest BCUT2D eigenvalue weighted by molar-refractivity contribution is -0.140. The Bertz CT molecular complexity index is 1740. The number of sulfonamides is 1. The molecule has 46 heavy (non-hydrogen) atoms. The van der Waals surface area contributed by atoms with Crippen molar-refractivity contribution in [1.82, 2.24) is 10.2 Å². The minimum atomic E-state index is -4.30. The Hall–Kier alpha value is -3.27. The Balaban J connectivity index is 1.82. The second-order valence-corrected chi connectivity index (χ2v) is 14.1. The lowest BCUT2D eigenvalue weighted by Gasteiger charge is -2.34. The van der Waals surface area contributed by atoms with Crippen molar-refractivity contribution in [3.05, 3.63) is 128 Å². The van der Waals surface area contributed by atoms with Gasteiger partial charge in [-0.2, -0.15) is 0 Å². The number of nitrogens with one attached hydrogen (secondary N) is 1. The average molecular weight is 722 g/mol. The molecule has 242 valence electrons. The molecule has 0 aliphatic carbocycles. The van der Waals surface area contributed by atoms with Crippen molar-refractivity contribution in [2.24, 2.45) is 0 Å². The minimum absolute atomic E-state index is 0.0377. The molecule has 1 N–H and O–H groups in total. The first-order valence-electron chi connectivity index (χ1n) is 14.6. The van der Waals surface area contributed by atoms with Gasteiger partial charge in [-0.3, -0.25) is 13.9 Å². The molecule has 0 aliphatic heterocycles. The van der Waals surface area contributed by atoms with Crippen LogP contribution >= 0.6 is 46.4 Å². The molecule has 12 heteroatoms. The van der Waals surface area contributed by atoms with Gasteiger partial charge < -0.3 is 10.2 Å². The predicted octanol–water partition coefficient (Wildman–Crippen LogP) is 8.05. The Morgan fingerprint density at radius 3 is 2.04 bits per heavy atom. The van der Waals surface area contributed by atoms with Crippen LogP contribution in [0.1, 0.15) is 30.9 Å². The second kappa shape index (κ2) is 16.5. The maximum absolute atomic E-state index is 14.5. The van der Waals surface area contributed by atoms with E-state index in [4.69, 9.17) is 46.4 Å². The molecule has 1 atom stereocenters. The molecule has 0 spiro atoms. The highest BCUT2D eigenvalue weighted by Crippen LogP contribution is 2.31. The van der Waals surface area contributed by atoms with Crippen LogP contribution in [0.2, 0.25) is 20.1 Å². The SMILES string of the molecule is CCCCNC(=O)[C@H](Cc1ccccc1)N(Cc1ccc(Cl)cc1Cl)C(=O)CN(c1cc(Cl)cc(Cl)c1)S(=O)(=O)c1ccccc1. The number of amides is 2. The van der Waals surface area contributed by atoms with Crippen molar-refractivity contribution >= 4 is 73.9 Å². The first-order chi connectivity index (χ1) is 22.0. The minimum Gasteiger partial charge on any atom is -0.354 e. The summed E-state index contributed by atoms with van der Waals surface area (Å²) in [4.78, 5) is 29.7. The molecule has 0 fully saturated rings. The molecule has 0 aliphatic rings. The van der Waals surface area contributed by atoms with Gasteiger partial charge in [0.2, 0.25) is 11.8 Å². The topological polar surface area (TPSA) is 86.8 Å². The summed E-state index contributed by atoms with van der Waals surface area (Å²) in [5.74, 6) is -1.02. The third kappa shape index (κ3) is 9.39. The van der Waals surface area contributed by atoms with Crippen LogP contribution in [-0.2, 0) is 32.6 Å². The maximum atomic E-state index is 14.5. The smallest absolute Gasteiger partial charge is 0.264 e. The van der Waals surface area contributed by atoms with Gasteiger partial charge in [-0.15, -0.1) is 0 Å². The molecule has 0 radical (unpaired) electrons. The first-order valence-corrected chi connectivity index (χ1v) is 17.5. The van der Waals surface area contributed by atoms with E-state index in [0.717, 1.165) is 22.7 Å². The van der Waals surface area contributed by atoms with E-state index in [-0.39, 0.29) is 39.5 Å². The zero-order chi connectivity index (χ0) is 33.3. The van der Waals surface area contributed by atoms with Crippen molar-refractivity contribution in [3.8, 4) is 0 Å². The highest BCUT2D eigenvalue weighted by molar-refractivity contribution is 7.92. The summed E-state index contributed by atoms with van der Waals surface area (Å²) in [6.45, 7) is 1.67. The number of halogens is 4. The fourth-order valence-corrected chi connectivity index (χ4v) is 7.23. The standard InChI is InChI=1S/C34H33Cl4N3O4S/c1-2-3-16-39-34(43)32(17-24-10-6-4-7-11-24)40(22-25-14-15-26(35)21-31(25)38)33(42)23-41(29-19-27(36)18-28(37)20-29)46(44,45)30-12-8-5-9-13-30/h4-15,18-21,32H,2-3,16-17,22-23H2,1H3,(H,39,43)/t32-/m0/s1. The lowest BCUT2D eigenvalue weighted by Crippen LogP contribution is -2.53. The summed E-state index contributed by atoms with van der Waals surface area (Å²) < 4.78 is 29.1. The number of hydrogen-bond donors (Lipinski definition) is 1. The number of anilines is 1. The molecule has 4 aromatic rings. The van der Waals surface area contributed by atoms with Crippen molar-refractivity contribution in [1.29, 1.82) is 0 Å². The van der Waals surface area contributed by atoms with E-state index in [2.05, 4.69) is 5.32 Å². The fraction of sp³-hybridized carbons (Fsp3) is 0.235. The predicted molar refractivity (Wildman–Crippen MR) is 186 cm³/mol. The molecular weight excluding hydrogens is 688 g/mol. The highest BCUT2D eigenvalue weighted by atomic mass is 35.5. The van der Waals surface area contributed by atoms with E-state index in [1.54, 1.807) is 36.4 Å². The van der Waals surface area contributed by atoms with Crippen LogP contribution in [-0.4, -0.2) is 44.3 Å². The van der Waals surface area contributed by atoms with Gasteiger partial charge in [-0.1, -0.05) is 114 Å². The van der Waals surface area contributed by atoms with Crippen LogP contribution in [0.25, 0.3) is 0 Å². The summed E-state index contributed by atoms with van der Waals surface area (Å²) in [7, 11) is -4.30. The summed E-state index contributed by atoms with van der Waals surface area (Å²) in [6.07, 6.45) is 1.78. The van der Waals surface area contributed by atoms with E-state index >= 15 is 0 Å². The van der Waals surface area contributed by atoms with Crippen molar-refractivity contribution in [2.75, 3.05) is 17.4 Å². The van der Waals surface area contributed by atoms with Crippen molar-refractivity contribution < 1.29 is 18.0 Å². The maximum Gasteiger partial charge on any atom is 0.264 e. The third-order valence-corrected chi connectivity index (χ3v) is 10.0. The van der Waals surface area contributed by atoms with Crippen molar-refractivity contribution in [2.45, 2.75) is 43.7 Å². The molecular formula is C34H33Cl4N3O4S. The second-order valence-electron chi connectivity index (χ2n) is 10.6. The number of carbonyl (C=O) groups excluding carboxylic acids is 2. The first kappa shape index (κ1) is 35.6. The van der Waals surface area contributed by atoms with E-state index < -0.39 is 28.5 Å². The Morgan fingerprint density at radius 1 is 0.804 bits per heavy atom. The molecule has 0 aromatic heterocycles. The highest BCUT2D eigenvalue weighted by Gasteiger charge is 2.35. The molecule has 0 saturated heterocycles. The molecule has 0 bridgehead atoms. The molecule has 0 unspecified atom stereocenters. The Labute approximate surface area is 290 Å². The zero-order valence-electron chi connectivity index (χ0n) is 25.0. The number of unbranched alkanes of at least 4 members (excludes halogenated alkanes) is 1. The average Bonchev–Trinajstić information content (AvgIpc) is 3.02. The molecule has 2 amide bonds. The molecule has 0 saturated carbocycles. The molecule has 4 aromatic carbocycles. The van der Waals surface area contributed by atoms with Gasteiger partial charge >= 0.3 is 0 Å². The number of benzene rings is 4. The number of rotatable bonds is 14.